The van der Waals surface area contributed by atoms with E-state index in [2.05, 4.69) is 15.3 Å². The molecule has 0 spiro atoms. The van der Waals surface area contributed by atoms with Gasteiger partial charge in [0, 0.05) is 18.5 Å². The summed E-state index contributed by atoms with van der Waals surface area (Å²) in [5.41, 5.74) is 2.17. The Morgan fingerprint density at radius 1 is 1.33 bits per heavy atom. The Kier molecular flexibility index (Phi) is 6.32. The molecule has 1 heterocycles. The predicted molar refractivity (Wildman–Crippen MR) is 85.3 cm³/mol. The fourth-order valence-electron chi connectivity index (χ4n) is 2.12. The predicted octanol–water partition coefficient (Wildman–Crippen LogP) is 2.46. The first kappa shape index (κ1) is 16.1. The summed E-state index contributed by atoms with van der Waals surface area (Å²) in [4.78, 5) is 6.48. The summed E-state index contributed by atoms with van der Waals surface area (Å²) in [5.74, 6) is 0. The van der Waals surface area contributed by atoms with Gasteiger partial charge in [-0.05, 0) is 19.5 Å². The van der Waals surface area contributed by atoms with E-state index in [0.717, 1.165) is 22.8 Å². The van der Waals surface area contributed by atoms with E-state index < -0.39 is 6.10 Å². The second-order valence-electron chi connectivity index (χ2n) is 5.21. The molecule has 0 fully saturated rings. The summed E-state index contributed by atoms with van der Waals surface area (Å²) >= 11 is 1.65. The highest BCUT2D eigenvalue weighted by atomic mass is 32.1. The Hall–Kier alpha value is -1.27. The summed E-state index contributed by atoms with van der Waals surface area (Å²) in [6.07, 6.45) is -0.488. The van der Waals surface area contributed by atoms with E-state index in [-0.39, 0.29) is 0 Å². The molecule has 0 aliphatic rings. The average Bonchev–Trinajstić information content (AvgIpc) is 2.85. The van der Waals surface area contributed by atoms with Crippen LogP contribution in [0.1, 0.15) is 16.3 Å². The highest BCUT2D eigenvalue weighted by molar-refractivity contribution is 7.09. The third kappa shape index (κ3) is 5.93. The molecular formula is C16H22N2O2S. The molecule has 1 aromatic heterocycles. The summed E-state index contributed by atoms with van der Waals surface area (Å²) in [6.45, 7) is 4.20. The zero-order chi connectivity index (χ0) is 15.1. The van der Waals surface area contributed by atoms with Crippen molar-refractivity contribution in [2.45, 2.75) is 26.2 Å². The molecule has 0 bridgehead atoms. The van der Waals surface area contributed by atoms with Crippen molar-refractivity contribution in [2.75, 3.05) is 20.2 Å². The molecule has 21 heavy (non-hydrogen) atoms. The second-order valence-corrected chi connectivity index (χ2v) is 6.27. The van der Waals surface area contributed by atoms with Gasteiger partial charge in [0.05, 0.1) is 30.0 Å². The summed E-state index contributed by atoms with van der Waals surface area (Å²) < 4.78 is 5.55. The van der Waals surface area contributed by atoms with Crippen molar-refractivity contribution in [1.29, 1.82) is 0 Å². The van der Waals surface area contributed by atoms with Crippen LogP contribution in [0.4, 0.5) is 0 Å². The van der Waals surface area contributed by atoms with Crippen LogP contribution >= 0.6 is 11.3 Å². The van der Waals surface area contributed by atoms with E-state index in [4.69, 9.17) is 4.74 Å². The molecule has 0 saturated carbocycles. The maximum Gasteiger partial charge on any atom is 0.0900 e. The van der Waals surface area contributed by atoms with Gasteiger partial charge in [-0.25, -0.2) is 4.98 Å². The lowest BCUT2D eigenvalue weighted by molar-refractivity contribution is 0.0126. The first-order chi connectivity index (χ1) is 10.1. The largest absolute Gasteiger partial charge is 0.389 e. The van der Waals surface area contributed by atoms with Crippen LogP contribution in [0.15, 0.2) is 35.7 Å². The first-order valence-corrected chi connectivity index (χ1v) is 7.90. The second kappa shape index (κ2) is 8.24. The van der Waals surface area contributed by atoms with E-state index in [1.807, 2.05) is 44.3 Å². The minimum absolute atomic E-state index is 0.343. The average molecular weight is 306 g/mol. The molecule has 1 atom stereocenters. The van der Waals surface area contributed by atoms with Gasteiger partial charge in [-0.2, -0.15) is 0 Å². The van der Waals surface area contributed by atoms with E-state index in [1.165, 1.54) is 0 Å². The lowest BCUT2D eigenvalue weighted by Gasteiger charge is -2.19. The van der Waals surface area contributed by atoms with Crippen molar-refractivity contribution in [3.63, 3.8) is 0 Å². The normalized spacial score (nSPS) is 12.8. The van der Waals surface area contributed by atoms with Crippen LogP contribution in [-0.4, -0.2) is 41.3 Å². The zero-order valence-corrected chi connectivity index (χ0v) is 13.3. The molecule has 0 aliphatic carbocycles. The van der Waals surface area contributed by atoms with E-state index in [1.54, 1.807) is 11.3 Å². The number of hydrogen-bond donors (Lipinski definition) is 1. The maximum atomic E-state index is 10.00. The van der Waals surface area contributed by atoms with Crippen molar-refractivity contribution >= 4 is 11.3 Å². The Labute approximate surface area is 130 Å². The number of hydrogen-bond acceptors (Lipinski definition) is 5. The highest BCUT2D eigenvalue weighted by Crippen LogP contribution is 2.10. The van der Waals surface area contributed by atoms with Crippen LogP contribution in [0, 0.1) is 6.92 Å². The maximum absolute atomic E-state index is 10.00. The van der Waals surface area contributed by atoms with Crippen LogP contribution < -0.4 is 0 Å². The number of likely N-dealkylation sites (N-methyl/N-ethyl adjacent to an activating group) is 1. The minimum atomic E-state index is -0.488. The van der Waals surface area contributed by atoms with E-state index >= 15 is 0 Å². The number of ether oxygens (including phenoxy) is 1. The smallest absolute Gasteiger partial charge is 0.0900 e. The lowest BCUT2D eigenvalue weighted by Crippen LogP contribution is -2.32. The molecular weight excluding hydrogens is 284 g/mol. The number of aliphatic hydroxyl groups excluding tert-OH is 1. The molecule has 0 radical (unpaired) electrons. The molecule has 2 rings (SSSR count). The quantitative estimate of drug-likeness (QED) is 0.814. The van der Waals surface area contributed by atoms with Crippen LogP contribution in [0.25, 0.3) is 0 Å². The molecule has 4 nitrogen and oxygen atoms in total. The van der Waals surface area contributed by atoms with Crippen LogP contribution in [0.2, 0.25) is 0 Å². The Morgan fingerprint density at radius 2 is 2.10 bits per heavy atom. The Balaban J connectivity index is 1.65. The molecule has 1 unspecified atom stereocenters. The summed E-state index contributed by atoms with van der Waals surface area (Å²) in [7, 11) is 1.98. The lowest BCUT2D eigenvalue weighted by atomic mass is 10.2. The standard InChI is InChI=1S/C16H22N2O2S/c1-13-17-15(12-21-13)8-18(2)9-16(19)11-20-10-14-6-4-3-5-7-14/h3-7,12,16,19H,8-11H2,1-2H3. The molecule has 0 saturated heterocycles. The van der Waals surface area contributed by atoms with Gasteiger partial charge in [-0.3, -0.25) is 4.90 Å². The summed E-state index contributed by atoms with van der Waals surface area (Å²) in [6, 6.07) is 9.98. The fraction of sp³-hybridized carbons (Fsp3) is 0.438. The molecule has 0 aliphatic heterocycles. The van der Waals surface area contributed by atoms with Gasteiger partial charge >= 0.3 is 0 Å². The molecule has 0 amide bonds. The topological polar surface area (TPSA) is 45.6 Å². The SMILES string of the molecule is Cc1nc(CN(C)CC(O)COCc2ccccc2)cs1. The monoisotopic (exact) mass is 306 g/mol. The number of aromatic nitrogens is 1. The van der Waals surface area contributed by atoms with Crippen molar-refractivity contribution in [2.24, 2.45) is 0 Å². The number of thiazole rings is 1. The van der Waals surface area contributed by atoms with Crippen molar-refractivity contribution in [3.8, 4) is 0 Å². The molecule has 5 heteroatoms. The number of aliphatic hydroxyl groups is 1. The van der Waals surface area contributed by atoms with Crippen molar-refractivity contribution in [1.82, 2.24) is 9.88 Å². The van der Waals surface area contributed by atoms with Gasteiger partial charge in [0.2, 0.25) is 0 Å². The Morgan fingerprint density at radius 3 is 2.76 bits per heavy atom. The molecule has 114 valence electrons. The highest BCUT2D eigenvalue weighted by Gasteiger charge is 2.10. The molecule has 2 aromatic rings. The Bertz CT molecular complexity index is 530. The third-order valence-electron chi connectivity index (χ3n) is 3.04. The van der Waals surface area contributed by atoms with Crippen molar-refractivity contribution < 1.29 is 9.84 Å². The van der Waals surface area contributed by atoms with Gasteiger partial charge in [0.1, 0.15) is 0 Å². The number of benzene rings is 1. The zero-order valence-electron chi connectivity index (χ0n) is 12.5. The van der Waals surface area contributed by atoms with Gasteiger partial charge < -0.3 is 9.84 Å². The van der Waals surface area contributed by atoms with Crippen molar-refractivity contribution in [3.05, 3.63) is 52.0 Å². The van der Waals surface area contributed by atoms with Crippen LogP contribution in [0.5, 0.6) is 0 Å². The third-order valence-corrected chi connectivity index (χ3v) is 3.87. The van der Waals surface area contributed by atoms with Crippen LogP contribution in [-0.2, 0) is 17.9 Å². The van der Waals surface area contributed by atoms with Gasteiger partial charge in [0.15, 0.2) is 0 Å². The van der Waals surface area contributed by atoms with E-state index in [9.17, 15) is 5.11 Å². The molecule has 1 N–H and O–H groups in total. The number of nitrogens with zero attached hydrogens (tertiary/aromatic N) is 2. The van der Waals surface area contributed by atoms with Crippen LogP contribution in [0.3, 0.4) is 0 Å². The van der Waals surface area contributed by atoms with E-state index in [0.29, 0.717) is 19.8 Å². The summed E-state index contributed by atoms with van der Waals surface area (Å²) in [5, 5.41) is 13.1. The van der Waals surface area contributed by atoms with Gasteiger partial charge in [0.25, 0.3) is 0 Å². The molecule has 1 aromatic carbocycles. The fourth-order valence-corrected chi connectivity index (χ4v) is 2.73. The number of rotatable bonds is 8. The first-order valence-electron chi connectivity index (χ1n) is 7.03. The minimum Gasteiger partial charge on any atom is -0.389 e. The van der Waals surface area contributed by atoms with Gasteiger partial charge in [-0.1, -0.05) is 30.3 Å². The van der Waals surface area contributed by atoms with Gasteiger partial charge in [-0.15, -0.1) is 11.3 Å². The number of aryl methyl sites for hydroxylation is 1.